The van der Waals surface area contributed by atoms with Gasteiger partial charge in [0, 0.05) is 12.4 Å². The lowest BCUT2D eigenvalue weighted by Crippen LogP contribution is -2.08. The second-order valence-corrected chi connectivity index (χ2v) is 3.22. The van der Waals surface area contributed by atoms with Gasteiger partial charge in [-0.05, 0) is 0 Å². The van der Waals surface area contributed by atoms with Gasteiger partial charge in [-0.25, -0.2) is 19.9 Å². The number of fused-ring (bicyclic) bond motifs is 1. The summed E-state index contributed by atoms with van der Waals surface area (Å²) < 4.78 is 1.82. The Bertz CT molecular complexity index is 623. The van der Waals surface area contributed by atoms with Gasteiger partial charge in [0.1, 0.15) is 17.7 Å². The van der Waals surface area contributed by atoms with Crippen molar-refractivity contribution in [2.24, 2.45) is 5.73 Å². The molecule has 3 rings (SSSR count). The molecule has 0 spiro atoms. The third-order valence-electron chi connectivity index (χ3n) is 2.33. The van der Waals surface area contributed by atoms with Crippen molar-refractivity contribution in [2.45, 2.75) is 6.54 Å². The third-order valence-corrected chi connectivity index (χ3v) is 2.33. The van der Waals surface area contributed by atoms with Gasteiger partial charge in [-0.15, -0.1) is 0 Å². The SMILES string of the molecule is NCc1nccn1-c1ncnc2nc[nH]c12. The van der Waals surface area contributed by atoms with Crippen LogP contribution in [-0.4, -0.2) is 29.5 Å². The van der Waals surface area contributed by atoms with Crippen molar-refractivity contribution in [3.8, 4) is 5.82 Å². The van der Waals surface area contributed by atoms with Crippen LogP contribution in [0.5, 0.6) is 0 Å². The Morgan fingerprint density at radius 3 is 3.06 bits per heavy atom. The fraction of sp³-hybridized carbons (Fsp3) is 0.111. The molecule has 0 aliphatic rings. The van der Waals surface area contributed by atoms with Crippen LogP contribution < -0.4 is 5.73 Å². The first kappa shape index (κ1) is 8.98. The number of imidazole rings is 2. The fourth-order valence-electron chi connectivity index (χ4n) is 1.61. The second-order valence-electron chi connectivity index (χ2n) is 3.22. The predicted molar refractivity (Wildman–Crippen MR) is 56.7 cm³/mol. The van der Waals surface area contributed by atoms with Crippen LogP contribution in [-0.2, 0) is 6.54 Å². The lowest BCUT2D eigenvalue weighted by Gasteiger charge is -2.05. The molecule has 0 aliphatic heterocycles. The van der Waals surface area contributed by atoms with Crippen LogP contribution in [0.4, 0.5) is 0 Å². The number of aromatic nitrogens is 6. The molecule has 0 atom stereocenters. The lowest BCUT2D eigenvalue weighted by atomic mass is 10.4. The Kier molecular flexibility index (Phi) is 1.90. The van der Waals surface area contributed by atoms with Gasteiger partial charge in [-0.3, -0.25) is 4.57 Å². The predicted octanol–water partition coefficient (Wildman–Crippen LogP) is -0.00270. The van der Waals surface area contributed by atoms with E-state index in [0.717, 1.165) is 11.3 Å². The van der Waals surface area contributed by atoms with Gasteiger partial charge in [0.25, 0.3) is 0 Å². The Labute approximate surface area is 90.4 Å². The van der Waals surface area contributed by atoms with E-state index in [1.54, 1.807) is 12.5 Å². The normalized spacial score (nSPS) is 11.1. The molecule has 7 nitrogen and oxygen atoms in total. The maximum atomic E-state index is 5.60. The zero-order valence-corrected chi connectivity index (χ0v) is 8.33. The molecule has 3 aromatic heterocycles. The summed E-state index contributed by atoms with van der Waals surface area (Å²) in [6.45, 7) is 0.354. The minimum atomic E-state index is 0.354. The van der Waals surface area contributed by atoms with Gasteiger partial charge in [0.05, 0.1) is 12.9 Å². The van der Waals surface area contributed by atoms with Crippen molar-refractivity contribution in [3.05, 3.63) is 30.9 Å². The van der Waals surface area contributed by atoms with Crippen molar-refractivity contribution in [1.82, 2.24) is 29.5 Å². The van der Waals surface area contributed by atoms with Crippen molar-refractivity contribution >= 4 is 11.2 Å². The number of aromatic amines is 1. The highest BCUT2D eigenvalue weighted by Crippen LogP contribution is 2.15. The Balaban J connectivity index is 2.29. The van der Waals surface area contributed by atoms with E-state index in [1.807, 2.05) is 10.8 Å². The van der Waals surface area contributed by atoms with E-state index in [2.05, 4.69) is 24.9 Å². The summed E-state index contributed by atoms with van der Waals surface area (Å²) in [5.74, 6) is 1.45. The Morgan fingerprint density at radius 1 is 1.25 bits per heavy atom. The number of hydrogen-bond acceptors (Lipinski definition) is 5. The van der Waals surface area contributed by atoms with E-state index in [0.29, 0.717) is 18.0 Å². The van der Waals surface area contributed by atoms with Crippen LogP contribution in [0.15, 0.2) is 25.0 Å². The Morgan fingerprint density at radius 2 is 2.19 bits per heavy atom. The van der Waals surface area contributed by atoms with Crippen LogP contribution >= 0.6 is 0 Å². The maximum Gasteiger partial charge on any atom is 0.182 e. The van der Waals surface area contributed by atoms with Crippen molar-refractivity contribution in [3.63, 3.8) is 0 Å². The molecule has 0 saturated heterocycles. The van der Waals surface area contributed by atoms with Gasteiger partial charge in [-0.1, -0.05) is 0 Å². The number of nitrogens with two attached hydrogens (primary N) is 1. The van der Waals surface area contributed by atoms with Gasteiger partial charge in [0.2, 0.25) is 0 Å². The van der Waals surface area contributed by atoms with Gasteiger partial charge >= 0.3 is 0 Å². The molecule has 7 heteroatoms. The lowest BCUT2D eigenvalue weighted by molar-refractivity contribution is 0.849. The first-order valence-corrected chi connectivity index (χ1v) is 4.77. The van der Waals surface area contributed by atoms with E-state index in [4.69, 9.17) is 5.73 Å². The molecule has 3 aromatic rings. The monoisotopic (exact) mass is 215 g/mol. The first-order chi connectivity index (χ1) is 7.90. The topological polar surface area (TPSA) is 98.3 Å². The molecule has 0 amide bonds. The van der Waals surface area contributed by atoms with Gasteiger partial charge in [0.15, 0.2) is 11.5 Å². The standard InChI is InChI=1S/C9H9N7/c10-3-6-11-1-2-16(6)9-7-8(13-4-12-7)14-5-15-9/h1-2,4-5H,3,10H2,(H,12,13,14,15). The van der Waals surface area contributed by atoms with Crippen molar-refractivity contribution < 1.29 is 0 Å². The highest BCUT2D eigenvalue weighted by Gasteiger charge is 2.10. The van der Waals surface area contributed by atoms with Crippen LogP contribution in [0.2, 0.25) is 0 Å². The van der Waals surface area contributed by atoms with E-state index >= 15 is 0 Å². The summed E-state index contributed by atoms with van der Waals surface area (Å²) >= 11 is 0. The third kappa shape index (κ3) is 1.18. The summed E-state index contributed by atoms with van der Waals surface area (Å²) in [5, 5.41) is 0. The van der Waals surface area contributed by atoms with Crippen LogP contribution in [0.25, 0.3) is 17.0 Å². The molecule has 0 aromatic carbocycles. The van der Waals surface area contributed by atoms with Gasteiger partial charge < -0.3 is 10.7 Å². The number of H-pyrrole nitrogens is 1. The highest BCUT2D eigenvalue weighted by molar-refractivity contribution is 5.77. The highest BCUT2D eigenvalue weighted by atomic mass is 15.2. The minimum Gasteiger partial charge on any atom is -0.340 e. The summed E-state index contributed by atoms with van der Waals surface area (Å²) in [5.41, 5.74) is 7.00. The number of nitrogens with one attached hydrogen (secondary N) is 1. The van der Waals surface area contributed by atoms with E-state index in [-0.39, 0.29) is 0 Å². The molecule has 0 fully saturated rings. The summed E-state index contributed by atoms with van der Waals surface area (Å²) in [6.07, 6.45) is 6.55. The molecule has 3 N–H and O–H groups in total. The van der Waals surface area contributed by atoms with E-state index in [9.17, 15) is 0 Å². The van der Waals surface area contributed by atoms with Crippen molar-refractivity contribution in [2.75, 3.05) is 0 Å². The van der Waals surface area contributed by atoms with Crippen LogP contribution in [0.3, 0.4) is 0 Å². The molecular formula is C9H9N7. The Hall–Kier alpha value is -2.28. The zero-order valence-electron chi connectivity index (χ0n) is 8.33. The molecule has 0 unspecified atom stereocenters. The fourth-order valence-corrected chi connectivity index (χ4v) is 1.61. The second kappa shape index (κ2) is 3.38. The molecule has 0 saturated carbocycles. The van der Waals surface area contributed by atoms with E-state index < -0.39 is 0 Å². The molecule has 0 bridgehead atoms. The molecule has 0 radical (unpaired) electrons. The maximum absolute atomic E-state index is 5.60. The summed E-state index contributed by atoms with van der Waals surface area (Å²) in [4.78, 5) is 19.5. The number of rotatable bonds is 2. The molecule has 16 heavy (non-hydrogen) atoms. The van der Waals surface area contributed by atoms with Crippen LogP contribution in [0.1, 0.15) is 5.82 Å². The van der Waals surface area contributed by atoms with E-state index in [1.165, 1.54) is 6.33 Å². The quantitative estimate of drug-likeness (QED) is 0.626. The van der Waals surface area contributed by atoms with Crippen molar-refractivity contribution in [1.29, 1.82) is 0 Å². The summed E-state index contributed by atoms with van der Waals surface area (Å²) in [6, 6.07) is 0. The van der Waals surface area contributed by atoms with Gasteiger partial charge in [-0.2, -0.15) is 0 Å². The largest absolute Gasteiger partial charge is 0.340 e. The first-order valence-electron chi connectivity index (χ1n) is 4.77. The van der Waals surface area contributed by atoms with Crippen LogP contribution in [0, 0.1) is 0 Å². The molecule has 0 aliphatic carbocycles. The smallest absolute Gasteiger partial charge is 0.182 e. The zero-order chi connectivity index (χ0) is 11.0. The average molecular weight is 215 g/mol. The summed E-state index contributed by atoms with van der Waals surface area (Å²) in [7, 11) is 0. The number of hydrogen-bond donors (Lipinski definition) is 2. The molecular weight excluding hydrogens is 206 g/mol. The molecule has 3 heterocycles. The molecule has 80 valence electrons. The number of nitrogens with zero attached hydrogens (tertiary/aromatic N) is 5. The minimum absolute atomic E-state index is 0.354. The average Bonchev–Trinajstić information content (AvgIpc) is 2.96.